The van der Waals surface area contributed by atoms with Crippen LogP contribution in [0.2, 0.25) is 0 Å². The van der Waals surface area contributed by atoms with Gasteiger partial charge in [0.2, 0.25) is 0 Å². The van der Waals surface area contributed by atoms with Crippen molar-refractivity contribution in [1.29, 1.82) is 0 Å². The number of ether oxygens (including phenoxy) is 3. The SMILES string of the molecule is CCCCC\C=C/C=C\C=C/C=C\CCCCCCCC(=O)OCC(COC(=O)CC/C=C\C/C=C\CCCCCCCC)OC(=O)CCCCC/C=C\C=C/CCCCCCCCC. The number of unbranched alkanes of at least 4 members (excludes halogenated alkanes) is 24. The molecule has 0 saturated heterocycles. The van der Waals surface area contributed by atoms with Crippen molar-refractivity contribution in [1.82, 2.24) is 0 Å². The average molecular weight is 903 g/mol. The Hall–Kier alpha value is -3.67. The fourth-order valence-corrected chi connectivity index (χ4v) is 7.08. The summed E-state index contributed by atoms with van der Waals surface area (Å²) in [5, 5.41) is 0. The van der Waals surface area contributed by atoms with Crippen molar-refractivity contribution in [3.63, 3.8) is 0 Å². The van der Waals surface area contributed by atoms with E-state index in [-0.39, 0.29) is 44.0 Å². The van der Waals surface area contributed by atoms with E-state index in [0.717, 1.165) is 89.9 Å². The van der Waals surface area contributed by atoms with E-state index in [1.165, 1.54) is 103 Å². The molecule has 0 fully saturated rings. The smallest absolute Gasteiger partial charge is 0.306 e. The second-order valence-electron chi connectivity index (χ2n) is 17.5. The van der Waals surface area contributed by atoms with Crippen molar-refractivity contribution >= 4 is 17.9 Å². The second-order valence-corrected chi connectivity index (χ2v) is 17.5. The van der Waals surface area contributed by atoms with Gasteiger partial charge >= 0.3 is 17.9 Å². The number of rotatable bonds is 47. The third-order valence-corrected chi connectivity index (χ3v) is 11.2. The Morgan fingerprint density at radius 2 is 0.646 bits per heavy atom. The zero-order valence-corrected chi connectivity index (χ0v) is 42.2. The normalized spacial score (nSPS) is 12.8. The van der Waals surface area contributed by atoms with Gasteiger partial charge in [0.25, 0.3) is 0 Å². The monoisotopic (exact) mass is 903 g/mol. The molecule has 0 heterocycles. The quantitative estimate of drug-likeness (QED) is 0.0199. The van der Waals surface area contributed by atoms with Crippen LogP contribution in [-0.2, 0) is 28.6 Å². The Labute approximate surface area is 400 Å². The van der Waals surface area contributed by atoms with Crippen LogP contribution in [0.5, 0.6) is 0 Å². The highest BCUT2D eigenvalue weighted by Crippen LogP contribution is 2.13. The zero-order valence-electron chi connectivity index (χ0n) is 42.2. The van der Waals surface area contributed by atoms with Gasteiger partial charge < -0.3 is 14.2 Å². The standard InChI is InChI=1S/C59H98O6/c1-4-7-10-13-16-19-22-25-27-29-30-32-34-37-40-43-46-49-52-58(61)64-55-56(54-63-57(60)51-48-45-42-39-36-33-24-21-18-15-12-9-6-3)65-59(62)53-50-47-44-41-38-35-31-28-26-23-20-17-14-11-8-5-2/h16,19,22,25,27-33,35-36,38,42,45,56H,4-15,17-18,20-21,23-24,26,34,37,39-41,43-44,46-55H2,1-3H3/b19-16-,25-22-,29-27-,31-28-,32-30-,36-33-,38-35-,45-42-. The van der Waals surface area contributed by atoms with Crippen molar-refractivity contribution in [2.45, 2.75) is 245 Å². The summed E-state index contributed by atoms with van der Waals surface area (Å²) in [5.74, 6) is -1.04. The predicted octanol–water partition coefficient (Wildman–Crippen LogP) is 17.8. The molecule has 0 amide bonds. The molecular weight excluding hydrogens is 805 g/mol. The first-order valence-corrected chi connectivity index (χ1v) is 26.8. The maximum absolute atomic E-state index is 12.8. The molecule has 65 heavy (non-hydrogen) atoms. The number of esters is 3. The fraction of sp³-hybridized carbons (Fsp3) is 0.678. The third kappa shape index (κ3) is 51.2. The molecule has 0 aromatic rings. The van der Waals surface area contributed by atoms with E-state index in [2.05, 4.69) is 112 Å². The van der Waals surface area contributed by atoms with Gasteiger partial charge in [0.05, 0.1) is 0 Å². The fourth-order valence-electron chi connectivity index (χ4n) is 7.08. The molecule has 0 bridgehead atoms. The van der Waals surface area contributed by atoms with Crippen LogP contribution in [0.4, 0.5) is 0 Å². The van der Waals surface area contributed by atoms with Gasteiger partial charge in [-0.25, -0.2) is 0 Å². The maximum atomic E-state index is 12.8. The molecule has 0 aromatic heterocycles. The van der Waals surface area contributed by atoms with E-state index in [1.54, 1.807) is 0 Å². The van der Waals surface area contributed by atoms with Crippen LogP contribution in [0, 0.1) is 0 Å². The van der Waals surface area contributed by atoms with Crippen LogP contribution >= 0.6 is 0 Å². The molecular formula is C59H98O6. The highest BCUT2D eigenvalue weighted by molar-refractivity contribution is 5.71. The Bertz CT molecular complexity index is 1310. The number of carbonyl (C=O) groups excluding carboxylic acids is 3. The lowest BCUT2D eigenvalue weighted by atomic mass is 10.1. The molecule has 1 unspecified atom stereocenters. The first-order chi connectivity index (χ1) is 32.0. The molecule has 0 aliphatic heterocycles. The van der Waals surface area contributed by atoms with E-state index in [4.69, 9.17) is 14.2 Å². The van der Waals surface area contributed by atoms with Gasteiger partial charge in [0, 0.05) is 19.3 Å². The van der Waals surface area contributed by atoms with Crippen LogP contribution in [0.25, 0.3) is 0 Å². The lowest BCUT2D eigenvalue weighted by Gasteiger charge is -2.18. The van der Waals surface area contributed by atoms with Crippen LogP contribution in [0.1, 0.15) is 239 Å². The molecule has 0 aliphatic rings. The molecule has 370 valence electrons. The van der Waals surface area contributed by atoms with Crippen molar-refractivity contribution in [2.24, 2.45) is 0 Å². The lowest BCUT2D eigenvalue weighted by Crippen LogP contribution is -2.30. The van der Waals surface area contributed by atoms with E-state index < -0.39 is 6.10 Å². The summed E-state index contributed by atoms with van der Waals surface area (Å²) in [4.78, 5) is 38.0. The first-order valence-electron chi connectivity index (χ1n) is 26.8. The predicted molar refractivity (Wildman–Crippen MR) is 279 cm³/mol. The average Bonchev–Trinajstić information content (AvgIpc) is 3.30. The number of allylic oxidation sites excluding steroid dienone is 16. The largest absolute Gasteiger partial charge is 0.462 e. The third-order valence-electron chi connectivity index (χ3n) is 11.2. The molecule has 0 spiro atoms. The molecule has 0 rings (SSSR count). The molecule has 6 nitrogen and oxygen atoms in total. The van der Waals surface area contributed by atoms with Gasteiger partial charge in [-0.15, -0.1) is 0 Å². The molecule has 0 aliphatic carbocycles. The van der Waals surface area contributed by atoms with Crippen LogP contribution in [-0.4, -0.2) is 37.2 Å². The van der Waals surface area contributed by atoms with Gasteiger partial charge in [-0.1, -0.05) is 227 Å². The molecule has 0 saturated carbocycles. The van der Waals surface area contributed by atoms with E-state index in [9.17, 15) is 14.4 Å². The van der Waals surface area contributed by atoms with Gasteiger partial charge in [0.15, 0.2) is 6.10 Å². The van der Waals surface area contributed by atoms with Crippen molar-refractivity contribution in [2.75, 3.05) is 13.2 Å². The van der Waals surface area contributed by atoms with E-state index in [1.807, 2.05) is 6.08 Å². The summed E-state index contributed by atoms with van der Waals surface area (Å²) >= 11 is 0. The summed E-state index contributed by atoms with van der Waals surface area (Å²) < 4.78 is 16.7. The summed E-state index contributed by atoms with van der Waals surface area (Å²) in [6.45, 7) is 6.48. The minimum absolute atomic E-state index is 0.119. The van der Waals surface area contributed by atoms with Gasteiger partial charge in [-0.05, 0) is 89.9 Å². The summed E-state index contributed by atoms with van der Waals surface area (Å²) in [6, 6.07) is 0. The molecule has 0 aromatic carbocycles. The van der Waals surface area contributed by atoms with Crippen molar-refractivity contribution in [3.05, 3.63) is 97.2 Å². The van der Waals surface area contributed by atoms with Gasteiger partial charge in [-0.2, -0.15) is 0 Å². The first kappa shape index (κ1) is 61.3. The Morgan fingerprint density at radius 1 is 0.323 bits per heavy atom. The number of carbonyl (C=O) groups is 3. The minimum atomic E-state index is -0.824. The number of hydrogen-bond acceptors (Lipinski definition) is 6. The Kier molecular flexibility index (Phi) is 50.0. The summed E-state index contributed by atoms with van der Waals surface area (Å²) in [6.07, 6.45) is 69.7. The van der Waals surface area contributed by atoms with E-state index in [0.29, 0.717) is 12.8 Å². The van der Waals surface area contributed by atoms with Crippen molar-refractivity contribution < 1.29 is 28.6 Å². The van der Waals surface area contributed by atoms with E-state index >= 15 is 0 Å². The van der Waals surface area contributed by atoms with Crippen LogP contribution in [0.15, 0.2) is 97.2 Å². The Morgan fingerprint density at radius 3 is 1.14 bits per heavy atom. The molecule has 0 radical (unpaired) electrons. The molecule has 0 N–H and O–H groups in total. The minimum Gasteiger partial charge on any atom is -0.462 e. The molecule has 6 heteroatoms. The zero-order chi connectivity index (χ0) is 47.2. The molecule has 1 atom stereocenters. The highest BCUT2D eigenvalue weighted by atomic mass is 16.6. The highest BCUT2D eigenvalue weighted by Gasteiger charge is 2.19. The van der Waals surface area contributed by atoms with Crippen LogP contribution < -0.4 is 0 Å². The van der Waals surface area contributed by atoms with Crippen molar-refractivity contribution in [3.8, 4) is 0 Å². The second kappa shape index (κ2) is 52.9. The van der Waals surface area contributed by atoms with Gasteiger partial charge in [0.1, 0.15) is 13.2 Å². The Balaban J connectivity index is 4.54. The lowest BCUT2D eigenvalue weighted by molar-refractivity contribution is -0.166. The maximum Gasteiger partial charge on any atom is 0.306 e. The summed E-state index contributed by atoms with van der Waals surface area (Å²) in [5.41, 5.74) is 0. The van der Waals surface area contributed by atoms with Gasteiger partial charge in [-0.3, -0.25) is 14.4 Å². The van der Waals surface area contributed by atoms with Crippen LogP contribution in [0.3, 0.4) is 0 Å². The topological polar surface area (TPSA) is 78.9 Å². The summed E-state index contributed by atoms with van der Waals surface area (Å²) in [7, 11) is 0. The number of hydrogen-bond donors (Lipinski definition) is 0.